The van der Waals surface area contributed by atoms with Gasteiger partial charge in [0.05, 0.1) is 6.04 Å². The lowest BCUT2D eigenvalue weighted by molar-refractivity contribution is -0.658. The first-order valence-electron chi connectivity index (χ1n) is 5.06. The Bertz CT molecular complexity index is 534. The standard InChI is InChI=1S/C13H12NO/c1-9-10(2)15-12-7-3-5-11-6-4-8-14(9)13(11)12/h3-8H,1-2H3/q-1. The summed E-state index contributed by atoms with van der Waals surface area (Å²) in [6.45, 7) is 4.07. The zero-order valence-corrected chi connectivity index (χ0v) is 8.82. The Balaban J connectivity index is 2.45. The van der Waals surface area contributed by atoms with E-state index in [0.717, 1.165) is 23.3 Å². The van der Waals surface area contributed by atoms with Crippen LogP contribution < -0.4 is 4.57 Å². The lowest BCUT2D eigenvalue weighted by Gasteiger charge is -2.31. The number of hydrogen-bond acceptors (Lipinski definition) is 0. The zero-order chi connectivity index (χ0) is 10.4. The van der Waals surface area contributed by atoms with Crippen LogP contribution in [-0.2, 0) is 0 Å². The first-order chi connectivity index (χ1) is 7.27. The van der Waals surface area contributed by atoms with Gasteiger partial charge >= 0.3 is 5.76 Å². The van der Waals surface area contributed by atoms with E-state index in [9.17, 15) is 0 Å². The molecule has 3 aliphatic rings. The van der Waals surface area contributed by atoms with Crippen LogP contribution in [0.3, 0.4) is 0 Å². The molecule has 2 heteroatoms. The normalized spacial score (nSPS) is 12.5. The van der Waals surface area contributed by atoms with Gasteiger partial charge in [-0.1, -0.05) is 6.07 Å². The molecule has 0 spiro atoms. The number of nitrogens with zero attached hydrogens (tertiary/aromatic N) is 1. The lowest BCUT2D eigenvalue weighted by atomic mass is 9.99. The predicted molar refractivity (Wildman–Crippen MR) is 56.1 cm³/mol. The van der Waals surface area contributed by atoms with Crippen LogP contribution in [0, 0.1) is 19.9 Å². The molecule has 2 aliphatic heterocycles. The van der Waals surface area contributed by atoms with Gasteiger partial charge in [0.1, 0.15) is 6.20 Å². The number of rotatable bonds is 0. The molecule has 0 bridgehead atoms. The van der Waals surface area contributed by atoms with E-state index in [2.05, 4.69) is 35.9 Å². The van der Waals surface area contributed by atoms with Crippen LogP contribution in [0.4, 0.5) is 0 Å². The first-order valence-corrected chi connectivity index (χ1v) is 5.06. The average Bonchev–Trinajstić information content (AvgIpc) is 2.26. The van der Waals surface area contributed by atoms with Crippen LogP contribution in [0.15, 0.2) is 40.9 Å². The van der Waals surface area contributed by atoms with Gasteiger partial charge in [-0.15, -0.1) is 0 Å². The maximum atomic E-state index is 5.77. The molecule has 0 aromatic rings. The number of aryl methyl sites for hydroxylation is 1. The fraction of sp³-hybridized carbons (Fsp3) is 0.154. The molecule has 0 saturated heterocycles. The third-order valence-corrected chi connectivity index (χ3v) is 2.92. The summed E-state index contributed by atoms with van der Waals surface area (Å²) in [6, 6.07) is 11.5. The molecule has 0 radical (unpaired) electrons. The van der Waals surface area contributed by atoms with E-state index in [1.54, 1.807) is 0 Å². The van der Waals surface area contributed by atoms with Crippen molar-refractivity contribution in [2.75, 3.05) is 0 Å². The molecule has 0 N–H and O–H groups in total. The fourth-order valence-electron chi connectivity index (χ4n) is 2.01. The van der Waals surface area contributed by atoms with E-state index < -0.39 is 0 Å². The maximum Gasteiger partial charge on any atom is 0.311 e. The van der Waals surface area contributed by atoms with Crippen molar-refractivity contribution in [3.8, 4) is 0 Å². The second-order valence-electron chi connectivity index (χ2n) is 3.82. The molecule has 0 atom stereocenters. The predicted octanol–water partition coefficient (Wildman–Crippen LogP) is 2.26. The molecule has 1 aliphatic carbocycles. The van der Waals surface area contributed by atoms with Crippen molar-refractivity contribution < 1.29 is 8.98 Å². The summed E-state index contributed by atoms with van der Waals surface area (Å²) in [6.07, 6.45) is 2.08. The van der Waals surface area contributed by atoms with E-state index in [1.165, 1.54) is 5.56 Å². The number of aromatic nitrogens is 1. The van der Waals surface area contributed by atoms with Crippen LogP contribution in [0.1, 0.15) is 22.8 Å². The second-order valence-corrected chi connectivity index (χ2v) is 3.82. The van der Waals surface area contributed by atoms with Crippen molar-refractivity contribution in [1.82, 2.24) is 0 Å². The minimum Gasteiger partial charge on any atom is -0.326 e. The Labute approximate surface area is 88.8 Å². The first kappa shape index (κ1) is 8.48. The second kappa shape index (κ2) is 2.83. The highest BCUT2D eigenvalue weighted by Gasteiger charge is 2.24. The van der Waals surface area contributed by atoms with Crippen molar-refractivity contribution in [1.29, 1.82) is 0 Å². The van der Waals surface area contributed by atoms with E-state index in [-0.39, 0.29) is 0 Å². The average molecular weight is 198 g/mol. The number of hydrogen-bond donors (Lipinski definition) is 0. The highest BCUT2D eigenvalue weighted by molar-refractivity contribution is 5.39. The SMILES string of the molecule is Cc1[o+][c-]2cc[cH-]c3ccc[n+](c1C)[C-]32. The molecule has 0 unspecified atom stereocenters. The maximum absolute atomic E-state index is 5.77. The Morgan fingerprint density at radius 3 is 3.13 bits per heavy atom. The molecular weight excluding hydrogens is 186 g/mol. The zero-order valence-electron chi connectivity index (χ0n) is 8.82. The molecule has 0 fully saturated rings. The molecular formula is C13H12NO-. The summed E-state index contributed by atoms with van der Waals surface area (Å²) in [4.78, 5) is 0. The molecule has 15 heavy (non-hydrogen) atoms. The van der Waals surface area contributed by atoms with Crippen molar-refractivity contribution >= 4 is 0 Å². The molecule has 2 heterocycles. The highest BCUT2D eigenvalue weighted by atomic mass is 16.3. The third kappa shape index (κ3) is 1.08. The van der Waals surface area contributed by atoms with E-state index >= 15 is 0 Å². The monoisotopic (exact) mass is 198 g/mol. The Morgan fingerprint density at radius 1 is 1.40 bits per heavy atom. The quantitative estimate of drug-likeness (QED) is 0.307. The molecule has 0 aromatic heterocycles. The van der Waals surface area contributed by atoms with Gasteiger partial charge < -0.3 is 16.5 Å². The molecule has 0 saturated carbocycles. The van der Waals surface area contributed by atoms with Gasteiger partial charge in [0.2, 0.25) is 5.69 Å². The Morgan fingerprint density at radius 2 is 2.27 bits per heavy atom. The summed E-state index contributed by atoms with van der Waals surface area (Å²) in [5.41, 5.74) is 2.36. The topological polar surface area (TPSA) is 15.2 Å². The summed E-state index contributed by atoms with van der Waals surface area (Å²) in [5.74, 6) is 1.91. The molecule has 0 aromatic carbocycles. The Hall–Kier alpha value is -1.83. The lowest BCUT2D eigenvalue weighted by Crippen LogP contribution is -2.46. The van der Waals surface area contributed by atoms with Crippen LogP contribution in [0.25, 0.3) is 0 Å². The van der Waals surface area contributed by atoms with Gasteiger partial charge in [0.15, 0.2) is 5.76 Å². The van der Waals surface area contributed by atoms with Gasteiger partial charge in [0.25, 0.3) is 0 Å². The van der Waals surface area contributed by atoms with Gasteiger partial charge in [-0.3, -0.25) is 16.2 Å². The highest BCUT2D eigenvalue weighted by Crippen LogP contribution is 2.26. The fourth-order valence-corrected chi connectivity index (χ4v) is 2.01. The van der Waals surface area contributed by atoms with Gasteiger partial charge in [-0.05, 0) is 0 Å². The molecule has 0 amide bonds. The summed E-state index contributed by atoms with van der Waals surface area (Å²) in [5, 5.41) is 0. The molecule has 3 rings (SSSR count). The minimum atomic E-state index is 0.941. The largest absolute Gasteiger partial charge is 0.326 e. The van der Waals surface area contributed by atoms with Gasteiger partial charge in [-0.2, -0.15) is 0 Å². The van der Waals surface area contributed by atoms with Crippen LogP contribution in [-0.4, -0.2) is 0 Å². The van der Waals surface area contributed by atoms with Crippen LogP contribution in [0.2, 0.25) is 0 Å². The van der Waals surface area contributed by atoms with E-state index in [4.69, 9.17) is 4.42 Å². The minimum absolute atomic E-state index is 0.941. The molecule has 2 nitrogen and oxygen atoms in total. The van der Waals surface area contributed by atoms with Gasteiger partial charge in [0, 0.05) is 13.8 Å². The van der Waals surface area contributed by atoms with E-state index in [0.29, 0.717) is 0 Å². The van der Waals surface area contributed by atoms with Crippen molar-refractivity contribution in [2.24, 2.45) is 0 Å². The van der Waals surface area contributed by atoms with Crippen molar-refractivity contribution in [3.63, 3.8) is 0 Å². The van der Waals surface area contributed by atoms with Crippen molar-refractivity contribution in [2.45, 2.75) is 13.8 Å². The summed E-state index contributed by atoms with van der Waals surface area (Å²) >= 11 is 0. The van der Waals surface area contributed by atoms with Crippen LogP contribution in [0.5, 0.6) is 0 Å². The smallest absolute Gasteiger partial charge is 0.311 e. The van der Waals surface area contributed by atoms with Gasteiger partial charge in [-0.25, -0.2) is 6.07 Å². The summed E-state index contributed by atoms with van der Waals surface area (Å²) in [7, 11) is 0. The summed E-state index contributed by atoms with van der Waals surface area (Å²) < 4.78 is 7.96. The van der Waals surface area contributed by atoms with E-state index in [1.807, 2.05) is 19.1 Å². The molecule has 76 valence electrons. The van der Waals surface area contributed by atoms with Crippen LogP contribution >= 0.6 is 0 Å². The van der Waals surface area contributed by atoms with Crippen molar-refractivity contribution in [3.05, 3.63) is 65.3 Å². The Kier molecular flexibility index (Phi) is 1.60. The third-order valence-electron chi connectivity index (χ3n) is 2.92.